The Hall–Kier alpha value is -2.84. The van der Waals surface area contributed by atoms with Gasteiger partial charge in [-0.3, -0.25) is 9.59 Å². The van der Waals surface area contributed by atoms with E-state index in [1.165, 1.54) is 33.7 Å². The van der Waals surface area contributed by atoms with Crippen molar-refractivity contribution < 1.29 is 23.5 Å². The summed E-state index contributed by atoms with van der Waals surface area (Å²) in [6.45, 7) is 2.31. The van der Waals surface area contributed by atoms with Gasteiger partial charge >= 0.3 is 0 Å². The molecular weight excluding hydrogens is 464 g/mol. The lowest BCUT2D eigenvalue weighted by molar-refractivity contribution is -0.131. The van der Waals surface area contributed by atoms with E-state index < -0.39 is 29.7 Å². The largest absolute Gasteiger partial charge is 0.390 e. The van der Waals surface area contributed by atoms with E-state index in [0.29, 0.717) is 5.56 Å². The van der Waals surface area contributed by atoms with Crippen molar-refractivity contribution in [2.45, 2.75) is 70.1 Å². The molecule has 36 heavy (non-hydrogen) atoms. The van der Waals surface area contributed by atoms with Gasteiger partial charge in [0.1, 0.15) is 11.6 Å². The number of carbonyl (C=O) groups excluding carboxylic acids is 2. The minimum atomic E-state index is -1.01. The normalized spacial score (nSPS) is 16.7. The molecule has 196 valence electrons. The summed E-state index contributed by atoms with van der Waals surface area (Å²) in [5, 5.41) is 17.3. The molecule has 0 saturated heterocycles. The lowest BCUT2D eigenvalue weighted by Gasteiger charge is -2.30. The highest BCUT2D eigenvalue weighted by molar-refractivity contribution is 5.83. The van der Waals surface area contributed by atoms with Crippen LogP contribution >= 0.6 is 0 Å². The summed E-state index contributed by atoms with van der Waals surface area (Å²) < 4.78 is 27.6. The van der Waals surface area contributed by atoms with Gasteiger partial charge in [-0.15, -0.1) is 0 Å². The Labute approximate surface area is 212 Å². The molecule has 3 N–H and O–H groups in total. The van der Waals surface area contributed by atoms with E-state index in [0.717, 1.165) is 31.7 Å². The number of hydrogen-bond donors (Lipinski definition) is 3. The molecule has 0 heterocycles. The molecule has 2 aromatic carbocycles. The van der Waals surface area contributed by atoms with Crippen LogP contribution in [0, 0.1) is 11.6 Å². The number of rotatable bonds is 11. The summed E-state index contributed by atoms with van der Waals surface area (Å²) in [5.41, 5.74) is 4.13. The highest BCUT2D eigenvalue weighted by atomic mass is 19.1. The number of nitrogens with one attached hydrogen (secondary N) is 2. The summed E-state index contributed by atoms with van der Waals surface area (Å²) in [6, 6.07) is 9.02. The quantitative estimate of drug-likeness (QED) is 0.441. The van der Waals surface area contributed by atoms with E-state index in [4.69, 9.17) is 0 Å². The molecule has 3 rings (SSSR count). The third-order valence-corrected chi connectivity index (χ3v) is 6.76. The fourth-order valence-electron chi connectivity index (χ4n) is 4.67. The predicted molar refractivity (Wildman–Crippen MR) is 135 cm³/mol. The van der Waals surface area contributed by atoms with Crippen LogP contribution in [0.5, 0.6) is 0 Å². The number of nitrogens with zero attached hydrogens (tertiary/aromatic N) is 1. The van der Waals surface area contributed by atoms with Gasteiger partial charge < -0.3 is 20.6 Å². The van der Waals surface area contributed by atoms with Gasteiger partial charge in [-0.05, 0) is 66.5 Å². The zero-order valence-electron chi connectivity index (χ0n) is 21.3. The van der Waals surface area contributed by atoms with Gasteiger partial charge in [-0.25, -0.2) is 8.78 Å². The van der Waals surface area contributed by atoms with Crippen LogP contribution in [0.15, 0.2) is 36.4 Å². The molecule has 0 aliphatic heterocycles. The predicted octanol–water partition coefficient (Wildman–Crippen LogP) is 3.45. The van der Waals surface area contributed by atoms with E-state index in [9.17, 15) is 23.5 Å². The third-order valence-electron chi connectivity index (χ3n) is 6.76. The minimum absolute atomic E-state index is 0.0348. The molecule has 0 fully saturated rings. The molecule has 0 unspecified atom stereocenters. The molecule has 0 saturated carbocycles. The van der Waals surface area contributed by atoms with Gasteiger partial charge in [0.25, 0.3) is 0 Å². The van der Waals surface area contributed by atoms with Crippen molar-refractivity contribution in [3.8, 4) is 0 Å². The zero-order valence-corrected chi connectivity index (χ0v) is 21.3. The highest BCUT2D eigenvalue weighted by Gasteiger charge is 2.26. The molecule has 1 aliphatic rings. The first-order valence-electron chi connectivity index (χ1n) is 12.6. The molecule has 0 radical (unpaired) electrons. The second kappa shape index (κ2) is 12.9. The first kappa shape index (κ1) is 27.7. The SMILES string of the molecule is CCc1ccc2c(c1)[C@@H](NC[C@@H](O)[C@H](Cc1cc(F)cc(F)c1)NC(=O)CCC(=O)N(C)C)CCC2. The molecule has 2 aromatic rings. The first-order valence-corrected chi connectivity index (χ1v) is 12.6. The van der Waals surface area contributed by atoms with Gasteiger partial charge in [-0.1, -0.05) is 25.1 Å². The van der Waals surface area contributed by atoms with Crippen molar-refractivity contribution in [2.24, 2.45) is 0 Å². The lowest BCUT2D eigenvalue weighted by atomic mass is 9.86. The van der Waals surface area contributed by atoms with Crippen LogP contribution in [0.25, 0.3) is 0 Å². The van der Waals surface area contributed by atoms with Crippen molar-refractivity contribution in [3.05, 3.63) is 70.3 Å². The van der Waals surface area contributed by atoms with Gasteiger partial charge in [0.05, 0.1) is 12.1 Å². The number of fused-ring (bicyclic) bond motifs is 1. The maximum Gasteiger partial charge on any atom is 0.222 e. The molecule has 8 heteroatoms. The molecular formula is C28H37F2N3O3. The number of halogens is 2. The number of carbonyl (C=O) groups is 2. The van der Waals surface area contributed by atoms with Crippen LogP contribution in [0.1, 0.15) is 60.9 Å². The maximum absolute atomic E-state index is 13.8. The van der Waals surface area contributed by atoms with Gasteiger partial charge in [0.15, 0.2) is 0 Å². The Bertz CT molecular complexity index is 1040. The van der Waals surface area contributed by atoms with Crippen molar-refractivity contribution in [2.75, 3.05) is 20.6 Å². The van der Waals surface area contributed by atoms with E-state index in [1.54, 1.807) is 14.1 Å². The minimum Gasteiger partial charge on any atom is -0.390 e. The molecule has 6 nitrogen and oxygen atoms in total. The summed E-state index contributed by atoms with van der Waals surface area (Å²) in [7, 11) is 3.23. The van der Waals surface area contributed by atoms with E-state index in [2.05, 4.69) is 35.8 Å². The van der Waals surface area contributed by atoms with Crippen molar-refractivity contribution in [1.29, 1.82) is 0 Å². The summed E-state index contributed by atoms with van der Waals surface area (Å²) in [6.07, 6.45) is 2.97. The number of benzene rings is 2. The van der Waals surface area contributed by atoms with Crippen molar-refractivity contribution in [1.82, 2.24) is 15.5 Å². The van der Waals surface area contributed by atoms with Gasteiger partial charge in [0.2, 0.25) is 11.8 Å². The molecule has 0 bridgehead atoms. The fourth-order valence-corrected chi connectivity index (χ4v) is 4.67. The number of aliphatic hydroxyl groups excluding tert-OH is 1. The topological polar surface area (TPSA) is 81.7 Å². The Kier molecular flexibility index (Phi) is 9.96. The Morgan fingerprint density at radius 2 is 1.81 bits per heavy atom. The van der Waals surface area contributed by atoms with Crippen molar-refractivity contribution >= 4 is 11.8 Å². The molecule has 0 aromatic heterocycles. The number of aliphatic hydroxyl groups is 1. The first-order chi connectivity index (χ1) is 17.2. The Morgan fingerprint density at radius 1 is 1.08 bits per heavy atom. The number of amides is 2. The summed E-state index contributed by atoms with van der Waals surface area (Å²) in [4.78, 5) is 25.9. The Morgan fingerprint density at radius 3 is 2.47 bits per heavy atom. The van der Waals surface area contributed by atoms with Gasteiger partial charge in [0, 0.05) is 45.6 Å². The standard InChI is InChI=1S/C28H37F2N3O3/c1-4-18-8-9-20-6-5-7-24(23(20)14-18)31-17-26(34)25(15-19-12-21(29)16-22(30)13-19)32-27(35)10-11-28(36)33(2)3/h8-9,12-14,16,24-26,31,34H,4-7,10-11,15,17H2,1-3H3,(H,32,35)/t24-,25-,26+/m0/s1. The summed E-state index contributed by atoms with van der Waals surface area (Å²) in [5.74, 6) is -2.02. The van der Waals surface area contributed by atoms with Crippen molar-refractivity contribution in [3.63, 3.8) is 0 Å². The summed E-state index contributed by atoms with van der Waals surface area (Å²) >= 11 is 0. The second-order valence-electron chi connectivity index (χ2n) is 9.75. The van der Waals surface area contributed by atoms with Crippen LogP contribution in [-0.4, -0.2) is 54.6 Å². The molecule has 2 amide bonds. The Balaban J connectivity index is 1.70. The highest BCUT2D eigenvalue weighted by Crippen LogP contribution is 2.30. The van der Waals surface area contributed by atoms with Crippen LogP contribution in [0.4, 0.5) is 8.78 Å². The lowest BCUT2D eigenvalue weighted by Crippen LogP contribution is -2.49. The van der Waals surface area contributed by atoms with E-state index in [-0.39, 0.29) is 37.8 Å². The van der Waals surface area contributed by atoms with Gasteiger partial charge in [-0.2, -0.15) is 0 Å². The van der Waals surface area contributed by atoms with E-state index >= 15 is 0 Å². The molecule has 1 aliphatic carbocycles. The van der Waals surface area contributed by atoms with Crippen LogP contribution in [-0.2, 0) is 28.9 Å². The molecule has 0 spiro atoms. The van der Waals surface area contributed by atoms with Crippen LogP contribution in [0.2, 0.25) is 0 Å². The zero-order chi connectivity index (χ0) is 26.2. The van der Waals surface area contributed by atoms with Crippen LogP contribution in [0.3, 0.4) is 0 Å². The average Bonchev–Trinajstić information content (AvgIpc) is 2.84. The number of aryl methyl sites for hydroxylation is 2. The average molecular weight is 502 g/mol. The molecule has 3 atom stereocenters. The maximum atomic E-state index is 13.8. The second-order valence-corrected chi connectivity index (χ2v) is 9.75. The fraction of sp³-hybridized carbons (Fsp3) is 0.500. The monoisotopic (exact) mass is 501 g/mol. The van der Waals surface area contributed by atoms with Crippen LogP contribution < -0.4 is 10.6 Å². The third kappa shape index (κ3) is 7.83. The number of hydrogen-bond acceptors (Lipinski definition) is 4. The smallest absolute Gasteiger partial charge is 0.222 e. The van der Waals surface area contributed by atoms with E-state index in [1.807, 2.05) is 0 Å².